The minimum absolute atomic E-state index is 0.0266. The Morgan fingerprint density at radius 2 is 1.48 bits per heavy atom. The molecule has 0 radical (unpaired) electrons. The number of rotatable bonds is 22. The summed E-state index contributed by atoms with van der Waals surface area (Å²) in [5.41, 5.74) is 0.845. The van der Waals surface area contributed by atoms with Gasteiger partial charge in [0.1, 0.15) is 24.4 Å². The van der Waals surface area contributed by atoms with Gasteiger partial charge >= 0.3 is 0 Å². The van der Waals surface area contributed by atoms with Crippen molar-refractivity contribution in [2.24, 2.45) is 0 Å². The Labute approximate surface area is 286 Å². The molecule has 1 heterocycles. The van der Waals surface area contributed by atoms with Gasteiger partial charge in [0, 0.05) is 30.6 Å². The zero-order chi connectivity index (χ0) is 35.1. The van der Waals surface area contributed by atoms with Crippen LogP contribution >= 0.6 is 0 Å². The summed E-state index contributed by atoms with van der Waals surface area (Å²) in [6.45, 7) is 1.15. The molecule has 11 nitrogen and oxygen atoms in total. The molecule has 0 amide bonds. The molecule has 272 valence electrons. The van der Waals surface area contributed by atoms with Crippen LogP contribution in [0.2, 0.25) is 0 Å². The smallest absolute Gasteiger partial charge is 0.241 e. The Bertz CT molecular complexity index is 1350. The van der Waals surface area contributed by atoms with Crippen molar-refractivity contribution in [2.75, 3.05) is 32.2 Å². The number of hydrogen-bond acceptors (Lipinski definition) is 10. The third-order valence-corrected chi connectivity index (χ3v) is 10.5. The zero-order valence-electron chi connectivity index (χ0n) is 28.8. The van der Waals surface area contributed by atoms with Gasteiger partial charge in [0.05, 0.1) is 30.3 Å². The fourth-order valence-electron chi connectivity index (χ4n) is 6.05. The summed E-state index contributed by atoms with van der Waals surface area (Å²) in [5.74, 6) is 0. The van der Waals surface area contributed by atoms with E-state index in [2.05, 4.69) is 11.6 Å². The molecule has 48 heavy (non-hydrogen) atoms. The van der Waals surface area contributed by atoms with Gasteiger partial charge in [0.25, 0.3) is 0 Å². The highest BCUT2D eigenvalue weighted by atomic mass is 32.2. The van der Waals surface area contributed by atoms with E-state index < -0.39 is 66.1 Å². The fraction of sp³-hybridized carbons (Fsp3) is 0.667. The van der Waals surface area contributed by atoms with E-state index in [4.69, 9.17) is 9.47 Å². The minimum Gasteiger partial charge on any atom is -0.394 e. The summed E-state index contributed by atoms with van der Waals surface area (Å²) in [4.78, 5) is 1.92. The molecule has 1 aliphatic heterocycles. The van der Waals surface area contributed by atoms with Gasteiger partial charge in [-0.3, -0.25) is 0 Å². The van der Waals surface area contributed by atoms with Gasteiger partial charge in [0.2, 0.25) is 10.0 Å². The summed E-state index contributed by atoms with van der Waals surface area (Å²) < 4.78 is 41.4. The van der Waals surface area contributed by atoms with E-state index >= 15 is 0 Å². The molecule has 1 fully saturated rings. The fourth-order valence-corrected chi connectivity index (χ4v) is 7.51. The van der Waals surface area contributed by atoms with Gasteiger partial charge in [-0.25, -0.2) is 13.1 Å². The predicted molar refractivity (Wildman–Crippen MR) is 188 cm³/mol. The average molecular weight is 695 g/mol. The number of anilines is 1. The second-order valence-electron chi connectivity index (χ2n) is 13.0. The van der Waals surface area contributed by atoms with Crippen molar-refractivity contribution in [3.05, 3.63) is 48.6 Å². The molecule has 0 saturated carbocycles. The van der Waals surface area contributed by atoms with Crippen LogP contribution in [0.3, 0.4) is 0 Å². The topological polar surface area (TPSA) is 169 Å². The molecule has 0 bridgehead atoms. The number of sulfonamides is 1. The average Bonchev–Trinajstić information content (AvgIpc) is 3.07. The molecular formula is C36H58N2O9S. The normalized spacial score (nSPS) is 23.1. The first kappa shape index (κ1) is 40.3. The number of ether oxygens (including phenoxy) is 2. The van der Waals surface area contributed by atoms with Crippen LogP contribution in [-0.4, -0.2) is 104 Å². The van der Waals surface area contributed by atoms with Gasteiger partial charge in [-0.05, 0) is 25.0 Å². The highest BCUT2D eigenvalue weighted by Gasteiger charge is 2.44. The van der Waals surface area contributed by atoms with Crippen molar-refractivity contribution in [3.63, 3.8) is 0 Å². The van der Waals surface area contributed by atoms with Crippen LogP contribution in [-0.2, 0) is 19.5 Å². The molecule has 2 aromatic rings. The lowest BCUT2D eigenvalue weighted by atomic mass is 9.99. The first-order chi connectivity index (χ1) is 23.0. The Hall–Kier alpha value is -2.13. The van der Waals surface area contributed by atoms with Gasteiger partial charge in [-0.2, -0.15) is 0 Å². The second kappa shape index (κ2) is 20.5. The molecule has 7 atom stereocenters. The molecule has 3 rings (SSSR count). The third-order valence-electron chi connectivity index (χ3n) is 8.95. The van der Waals surface area contributed by atoms with Crippen molar-refractivity contribution in [1.29, 1.82) is 0 Å². The Morgan fingerprint density at radius 1 is 0.875 bits per heavy atom. The summed E-state index contributed by atoms with van der Waals surface area (Å²) >= 11 is 0. The SMILES string of the molecule is CCCCCCCCCCCCC/C=C/[C@@H](O)[C@H](CO[C@@H]1O[C@H](CO)[C@H](O)[C@H](O)[C@H]1O)NS(=O)(=O)c1cccc2c(N(C)C)cccc12. The largest absolute Gasteiger partial charge is 0.394 e. The number of aliphatic hydroxyl groups is 5. The maximum absolute atomic E-state index is 13.8. The van der Waals surface area contributed by atoms with Crippen LogP contribution in [0.1, 0.15) is 84.0 Å². The van der Waals surface area contributed by atoms with E-state index in [0.29, 0.717) is 5.39 Å². The van der Waals surface area contributed by atoms with Crippen molar-refractivity contribution >= 4 is 26.5 Å². The monoisotopic (exact) mass is 694 g/mol. The molecule has 0 aromatic heterocycles. The van der Waals surface area contributed by atoms with Crippen molar-refractivity contribution in [2.45, 2.75) is 132 Å². The van der Waals surface area contributed by atoms with Gasteiger partial charge in [-0.15, -0.1) is 0 Å². The highest BCUT2D eigenvalue weighted by Crippen LogP contribution is 2.30. The summed E-state index contributed by atoms with van der Waals surface area (Å²) in [6.07, 6.45) is 8.68. The molecule has 0 aliphatic carbocycles. The number of hydrogen-bond donors (Lipinski definition) is 6. The van der Waals surface area contributed by atoms with Crippen LogP contribution in [0.4, 0.5) is 5.69 Å². The van der Waals surface area contributed by atoms with E-state index in [1.54, 1.807) is 18.2 Å². The predicted octanol–water partition coefficient (Wildman–Crippen LogP) is 3.99. The lowest BCUT2D eigenvalue weighted by Crippen LogP contribution is -2.60. The van der Waals surface area contributed by atoms with E-state index in [0.717, 1.165) is 36.8 Å². The molecule has 1 saturated heterocycles. The number of benzene rings is 2. The summed E-state index contributed by atoms with van der Waals surface area (Å²) in [5, 5.41) is 52.7. The maximum atomic E-state index is 13.8. The minimum atomic E-state index is -4.21. The van der Waals surface area contributed by atoms with Gasteiger partial charge in [-0.1, -0.05) is 108 Å². The summed E-state index contributed by atoms with van der Waals surface area (Å²) in [7, 11) is -0.458. The Morgan fingerprint density at radius 3 is 2.10 bits per heavy atom. The van der Waals surface area contributed by atoms with Crippen LogP contribution in [0, 0.1) is 0 Å². The number of nitrogens with one attached hydrogen (secondary N) is 1. The number of allylic oxidation sites excluding steroid dienone is 1. The first-order valence-electron chi connectivity index (χ1n) is 17.5. The van der Waals surface area contributed by atoms with Gasteiger partial charge in [0.15, 0.2) is 6.29 Å². The highest BCUT2D eigenvalue weighted by molar-refractivity contribution is 7.89. The number of aliphatic hydroxyl groups excluding tert-OH is 5. The molecular weight excluding hydrogens is 636 g/mol. The van der Waals surface area contributed by atoms with Crippen LogP contribution in [0.5, 0.6) is 0 Å². The van der Waals surface area contributed by atoms with Crippen molar-refractivity contribution in [3.8, 4) is 0 Å². The van der Waals surface area contributed by atoms with Crippen LogP contribution in [0.15, 0.2) is 53.4 Å². The second-order valence-corrected chi connectivity index (χ2v) is 14.7. The lowest BCUT2D eigenvalue weighted by molar-refractivity contribution is -0.302. The summed E-state index contributed by atoms with van der Waals surface area (Å²) in [6, 6.07) is 9.19. The van der Waals surface area contributed by atoms with E-state index in [1.165, 1.54) is 63.5 Å². The molecule has 12 heteroatoms. The third kappa shape index (κ3) is 11.7. The lowest BCUT2D eigenvalue weighted by Gasteiger charge is -2.40. The number of unbranched alkanes of at least 4 members (excludes halogenated alkanes) is 11. The van der Waals surface area contributed by atoms with E-state index in [1.807, 2.05) is 37.2 Å². The molecule has 0 unspecified atom stereocenters. The quantitative estimate of drug-likeness (QED) is 0.0783. The van der Waals surface area contributed by atoms with Crippen LogP contribution < -0.4 is 9.62 Å². The van der Waals surface area contributed by atoms with Crippen molar-refractivity contribution in [1.82, 2.24) is 4.72 Å². The standard InChI is InChI=1S/C36H58N2O9S/c1-4-5-6-7-8-9-10-11-12-13-14-15-16-22-30(40)28(25-46-36-35(43)34(42)33(41)31(24-39)47-36)37-48(44,45)32-23-18-19-26-27(32)20-17-21-29(26)38(2)3/h16-23,28,30-31,33-37,39-43H,4-15,24-25H2,1-3H3/b22-16+/t28-,30+,31+,33-,34-,35+,36+/m0/s1. The van der Waals surface area contributed by atoms with Crippen LogP contribution in [0.25, 0.3) is 10.8 Å². The number of nitrogens with zero attached hydrogens (tertiary/aromatic N) is 1. The van der Waals surface area contributed by atoms with E-state index in [9.17, 15) is 34.0 Å². The first-order valence-corrected chi connectivity index (χ1v) is 19.0. The molecule has 6 N–H and O–H groups in total. The van der Waals surface area contributed by atoms with E-state index in [-0.39, 0.29) is 4.90 Å². The molecule has 2 aromatic carbocycles. The maximum Gasteiger partial charge on any atom is 0.241 e. The van der Waals surface area contributed by atoms with Gasteiger partial charge < -0.3 is 39.9 Å². The molecule has 1 aliphatic rings. The van der Waals surface area contributed by atoms with Crippen molar-refractivity contribution < 1.29 is 43.4 Å². The zero-order valence-corrected chi connectivity index (χ0v) is 29.6. The number of fused-ring (bicyclic) bond motifs is 1. The Kier molecular flexibility index (Phi) is 17.2. The molecule has 0 spiro atoms. The Balaban J connectivity index is 1.67.